The van der Waals surface area contributed by atoms with Gasteiger partial charge in [-0.2, -0.15) is 4.31 Å². The molecule has 0 N–H and O–H groups in total. The van der Waals surface area contributed by atoms with Crippen molar-refractivity contribution in [2.75, 3.05) is 40.3 Å². The number of rotatable bonds is 5. The molecule has 2 aromatic rings. The number of likely N-dealkylation sites (N-methyl/N-ethyl adjacent to an activating group) is 1. The summed E-state index contributed by atoms with van der Waals surface area (Å²) < 4.78 is 32.5. The van der Waals surface area contributed by atoms with Crippen LogP contribution in [0, 0.1) is 13.8 Å². The number of carbonyl (C=O) groups is 1. The summed E-state index contributed by atoms with van der Waals surface area (Å²) in [6, 6.07) is 9.15. The Hall–Kier alpha value is -2.23. The Labute approximate surface area is 165 Å². The van der Waals surface area contributed by atoms with E-state index in [4.69, 9.17) is 4.52 Å². The van der Waals surface area contributed by atoms with Crippen LogP contribution in [0.5, 0.6) is 0 Å². The lowest BCUT2D eigenvalue weighted by atomic mass is 10.0. The van der Waals surface area contributed by atoms with Crippen molar-refractivity contribution >= 4 is 15.9 Å². The zero-order valence-corrected chi connectivity index (χ0v) is 17.4. The maximum atomic E-state index is 13.0. The number of hydrogen-bond donors (Lipinski definition) is 0. The fraction of sp³-hybridized carbons (Fsp3) is 0.474. The van der Waals surface area contributed by atoms with E-state index in [2.05, 4.69) is 5.16 Å². The molecule has 3 rings (SSSR count). The van der Waals surface area contributed by atoms with Crippen LogP contribution >= 0.6 is 0 Å². The number of aromatic nitrogens is 1. The van der Waals surface area contributed by atoms with Crippen molar-refractivity contribution in [2.24, 2.45) is 0 Å². The molecule has 1 unspecified atom stereocenters. The average Bonchev–Trinajstić information content (AvgIpc) is 3.02. The Bertz CT molecular complexity index is 913. The molecule has 8 nitrogen and oxygen atoms in total. The fourth-order valence-electron chi connectivity index (χ4n) is 3.56. The van der Waals surface area contributed by atoms with E-state index in [1.807, 2.05) is 35.2 Å². The average molecular weight is 407 g/mol. The molecule has 1 aromatic heterocycles. The number of carbonyl (C=O) groups excluding carboxylic acids is 1. The monoisotopic (exact) mass is 406 g/mol. The van der Waals surface area contributed by atoms with Crippen molar-refractivity contribution in [1.29, 1.82) is 0 Å². The zero-order valence-electron chi connectivity index (χ0n) is 16.6. The van der Waals surface area contributed by atoms with Crippen LogP contribution in [0.2, 0.25) is 0 Å². The van der Waals surface area contributed by atoms with Crippen LogP contribution in [0.25, 0.3) is 0 Å². The lowest BCUT2D eigenvalue weighted by molar-refractivity contribution is -0.135. The molecule has 0 saturated carbocycles. The summed E-state index contributed by atoms with van der Waals surface area (Å²) >= 11 is 0. The minimum Gasteiger partial charge on any atom is -0.360 e. The van der Waals surface area contributed by atoms with E-state index in [-0.39, 0.29) is 10.8 Å². The van der Waals surface area contributed by atoms with E-state index >= 15 is 0 Å². The third-order valence-corrected chi connectivity index (χ3v) is 7.14. The van der Waals surface area contributed by atoms with Crippen molar-refractivity contribution < 1.29 is 17.7 Å². The van der Waals surface area contributed by atoms with Gasteiger partial charge in [0.1, 0.15) is 16.6 Å². The first-order valence-corrected chi connectivity index (χ1v) is 10.6. The topological polar surface area (TPSA) is 87.0 Å². The highest BCUT2D eigenvalue weighted by Gasteiger charge is 2.37. The summed E-state index contributed by atoms with van der Waals surface area (Å²) in [7, 11) is -0.210. The number of aryl methyl sites for hydroxylation is 2. The molecule has 28 heavy (non-hydrogen) atoms. The predicted molar refractivity (Wildman–Crippen MR) is 104 cm³/mol. The molecule has 0 spiro atoms. The molecule has 1 atom stereocenters. The molecule has 1 aliphatic heterocycles. The first-order valence-electron chi connectivity index (χ1n) is 9.16. The smallest absolute Gasteiger partial charge is 0.248 e. The number of amides is 1. The van der Waals surface area contributed by atoms with Crippen LogP contribution in [-0.4, -0.2) is 73.9 Å². The van der Waals surface area contributed by atoms with Gasteiger partial charge < -0.3 is 9.42 Å². The molecule has 1 aromatic carbocycles. The molecule has 2 heterocycles. The molecule has 152 valence electrons. The zero-order chi connectivity index (χ0) is 20.5. The molecule has 0 radical (unpaired) electrons. The fourth-order valence-corrected chi connectivity index (χ4v) is 5.28. The van der Waals surface area contributed by atoms with Gasteiger partial charge in [-0.05, 0) is 19.4 Å². The number of piperazine rings is 1. The van der Waals surface area contributed by atoms with Crippen molar-refractivity contribution in [3.8, 4) is 0 Å². The van der Waals surface area contributed by atoms with E-state index in [9.17, 15) is 13.2 Å². The van der Waals surface area contributed by atoms with E-state index < -0.39 is 16.1 Å². The Kier molecular flexibility index (Phi) is 5.87. The van der Waals surface area contributed by atoms with Crippen LogP contribution in [0.15, 0.2) is 39.8 Å². The SMILES string of the molecule is Cc1noc(C)c1S(=O)(=O)N1CCN(C(C(=O)N(C)C)c2ccccc2)CC1. The molecular formula is C19H26N4O4S. The Morgan fingerprint density at radius 3 is 2.21 bits per heavy atom. The lowest BCUT2D eigenvalue weighted by Crippen LogP contribution is -2.52. The molecule has 1 amide bonds. The summed E-state index contributed by atoms with van der Waals surface area (Å²) in [5.41, 5.74) is 1.27. The van der Waals surface area contributed by atoms with Gasteiger partial charge in [-0.3, -0.25) is 9.69 Å². The first kappa shape index (κ1) is 20.5. The molecular weight excluding hydrogens is 380 g/mol. The summed E-state index contributed by atoms with van der Waals surface area (Å²) in [6.07, 6.45) is 0. The molecule has 9 heteroatoms. The van der Waals surface area contributed by atoms with E-state index in [1.54, 1.807) is 32.8 Å². The van der Waals surface area contributed by atoms with Gasteiger partial charge in [-0.25, -0.2) is 8.42 Å². The van der Waals surface area contributed by atoms with Crippen molar-refractivity contribution in [2.45, 2.75) is 24.8 Å². The molecule has 0 bridgehead atoms. The van der Waals surface area contributed by atoms with Gasteiger partial charge in [0, 0.05) is 40.3 Å². The van der Waals surface area contributed by atoms with Crippen molar-refractivity contribution in [1.82, 2.24) is 19.3 Å². The van der Waals surface area contributed by atoms with E-state index in [0.29, 0.717) is 37.6 Å². The van der Waals surface area contributed by atoms with E-state index in [0.717, 1.165) is 5.56 Å². The second-order valence-electron chi connectivity index (χ2n) is 7.14. The third-order valence-electron chi connectivity index (χ3n) is 4.99. The standard InChI is InChI=1S/C19H26N4O4S/c1-14-18(15(2)27-20-14)28(25,26)23-12-10-22(11-13-23)17(19(24)21(3)4)16-8-6-5-7-9-16/h5-9,17H,10-13H2,1-4H3. The van der Waals surface area contributed by atoms with Crippen LogP contribution < -0.4 is 0 Å². The molecule has 1 aliphatic rings. The predicted octanol–water partition coefficient (Wildman–Crippen LogP) is 1.43. The first-order chi connectivity index (χ1) is 13.2. The van der Waals surface area contributed by atoms with Gasteiger partial charge in [-0.15, -0.1) is 0 Å². The highest BCUT2D eigenvalue weighted by molar-refractivity contribution is 7.89. The van der Waals surface area contributed by atoms with Crippen LogP contribution in [0.1, 0.15) is 23.1 Å². The second kappa shape index (κ2) is 8.02. The van der Waals surface area contributed by atoms with Crippen molar-refractivity contribution in [3.05, 3.63) is 47.3 Å². The number of sulfonamides is 1. The van der Waals surface area contributed by atoms with Crippen LogP contribution in [-0.2, 0) is 14.8 Å². The number of nitrogens with zero attached hydrogens (tertiary/aromatic N) is 4. The maximum Gasteiger partial charge on any atom is 0.248 e. The summed E-state index contributed by atoms with van der Waals surface area (Å²) in [5.74, 6) is 0.276. The van der Waals surface area contributed by atoms with Crippen LogP contribution in [0.4, 0.5) is 0 Å². The van der Waals surface area contributed by atoms with Gasteiger partial charge in [0.2, 0.25) is 15.9 Å². The number of hydrogen-bond acceptors (Lipinski definition) is 6. The highest BCUT2D eigenvalue weighted by atomic mass is 32.2. The largest absolute Gasteiger partial charge is 0.360 e. The molecule has 1 fully saturated rings. The quantitative estimate of drug-likeness (QED) is 0.747. The number of benzene rings is 1. The molecule has 1 saturated heterocycles. The molecule has 0 aliphatic carbocycles. The third kappa shape index (κ3) is 3.82. The Morgan fingerprint density at radius 2 is 1.71 bits per heavy atom. The van der Waals surface area contributed by atoms with Crippen LogP contribution in [0.3, 0.4) is 0 Å². The highest BCUT2D eigenvalue weighted by Crippen LogP contribution is 2.28. The Morgan fingerprint density at radius 1 is 1.11 bits per heavy atom. The summed E-state index contributed by atoms with van der Waals surface area (Å²) in [4.78, 5) is 16.6. The minimum atomic E-state index is -3.68. The van der Waals surface area contributed by atoms with Gasteiger partial charge in [0.05, 0.1) is 0 Å². The van der Waals surface area contributed by atoms with Gasteiger partial charge in [0.15, 0.2) is 5.76 Å². The maximum absolute atomic E-state index is 13.0. The Balaban J connectivity index is 1.80. The summed E-state index contributed by atoms with van der Waals surface area (Å²) in [6.45, 7) is 4.75. The van der Waals surface area contributed by atoms with E-state index in [1.165, 1.54) is 4.31 Å². The van der Waals surface area contributed by atoms with Gasteiger partial charge in [0.25, 0.3) is 0 Å². The lowest BCUT2D eigenvalue weighted by Gasteiger charge is -2.38. The normalized spacial score (nSPS) is 17.4. The van der Waals surface area contributed by atoms with Gasteiger partial charge >= 0.3 is 0 Å². The second-order valence-corrected chi connectivity index (χ2v) is 9.01. The summed E-state index contributed by atoms with van der Waals surface area (Å²) in [5, 5.41) is 3.76. The minimum absolute atomic E-state index is 0.0202. The van der Waals surface area contributed by atoms with Crippen molar-refractivity contribution in [3.63, 3.8) is 0 Å². The van der Waals surface area contributed by atoms with Gasteiger partial charge in [-0.1, -0.05) is 35.5 Å².